The number of nitrogens with zero attached hydrogens (tertiary/aromatic N) is 2. The second kappa shape index (κ2) is 9.32. The maximum absolute atomic E-state index is 10.9. The summed E-state index contributed by atoms with van der Waals surface area (Å²) < 4.78 is 9.04. The van der Waals surface area contributed by atoms with Gasteiger partial charge in [-0.15, -0.1) is 0 Å². The summed E-state index contributed by atoms with van der Waals surface area (Å²) in [6, 6.07) is 0. The Labute approximate surface area is 107 Å². The minimum atomic E-state index is -0.268. The summed E-state index contributed by atoms with van der Waals surface area (Å²) in [5, 5.41) is 7.96. The minimum absolute atomic E-state index is 0.268. The van der Waals surface area contributed by atoms with Crippen molar-refractivity contribution >= 4 is 23.4 Å². The highest BCUT2D eigenvalue weighted by Gasteiger charge is 2.02. The van der Waals surface area contributed by atoms with Crippen LogP contribution in [0.2, 0.25) is 0 Å². The molecule has 0 radical (unpaired) electrons. The van der Waals surface area contributed by atoms with Crippen molar-refractivity contribution in [3.8, 4) is 0 Å². The van der Waals surface area contributed by atoms with E-state index in [-0.39, 0.29) is 11.9 Å². The van der Waals surface area contributed by atoms with Crippen LogP contribution in [0.5, 0.6) is 0 Å². The average molecular weight is 256 g/mol. The van der Waals surface area contributed by atoms with Gasteiger partial charge in [0.15, 0.2) is 0 Å². The number of ether oxygens (including phenoxy) is 2. The number of methoxy groups -OCH3 is 2. The Morgan fingerprint density at radius 3 is 1.39 bits per heavy atom. The first-order chi connectivity index (χ1) is 8.49. The van der Waals surface area contributed by atoms with Crippen molar-refractivity contribution in [3.63, 3.8) is 0 Å². The third-order valence-corrected chi connectivity index (χ3v) is 2.23. The Balaban J connectivity index is 4.08. The first-order valence-corrected chi connectivity index (χ1v) is 5.69. The van der Waals surface area contributed by atoms with E-state index < -0.39 is 0 Å². The molecule has 0 atom stereocenters. The number of rotatable bonds is 7. The number of hydrogen-bond donors (Lipinski definition) is 0. The second-order valence-electron chi connectivity index (χ2n) is 3.82. The molecule has 0 aliphatic carbocycles. The molecule has 0 unspecified atom stereocenters. The van der Waals surface area contributed by atoms with Crippen LogP contribution >= 0.6 is 0 Å². The summed E-state index contributed by atoms with van der Waals surface area (Å²) >= 11 is 0. The number of esters is 2. The van der Waals surface area contributed by atoms with E-state index in [1.807, 2.05) is 0 Å². The van der Waals surface area contributed by atoms with Crippen LogP contribution in [0, 0.1) is 0 Å². The predicted octanol–water partition coefficient (Wildman–Crippen LogP) is 1.73. The van der Waals surface area contributed by atoms with E-state index in [1.165, 1.54) is 14.2 Å². The Kier molecular flexibility index (Phi) is 8.43. The van der Waals surface area contributed by atoms with Gasteiger partial charge in [0.1, 0.15) is 0 Å². The summed E-state index contributed by atoms with van der Waals surface area (Å²) in [6.45, 7) is 3.58. The number of carbonyl (C=O) groups is 2. The lowest BCUT2D eigenvalue weighted by Crippen LogP contribution is -2.04. The van der Waals surface area contributed by atoms with Gasteiger partial charge in [0.25, 0.3) is 0 Å². The first kappa shape index (κ1) is 16.3. The molecule has 0 N–H and O–H groups in total. The largest absolute Gasteiger partial charge is 0.469 e. The van der Waals surface area contributed by atoms with Gasteiger partial charge < -0.3 is 9.47 Å². The van der Waals surface area contributed by atoms with Crippen LogP contribution in [-0.4, -0.2) is 37.6 Å². The standard InChI is InChI=1S/C12H20N2O4/c1-9(5-7-11(15)17-3)13-14-10(2)6-8-12(16)18-4/h5-8H2,1-4H3/b13-9+,14-10+. The van der Waals surface area contributed by atoms with Gasteiger partial charge in [-0.2, -0.15) is 10.2 Å². The summed E-state index contributed by atoms with van der Waals surface area (Å²) in [6.07, 6.45) is 1.62. The number of carbonyl (C=O) groups excluding carboxylic acids is 2. The summed E-state index contributed by atoms with van der Waals surface area (Å²) in [5.74, 6) is -0.535. The maximum atomic E-state index is 10.9. The fraction of sp³-hybridized carbons (Fsp3) is 0.667. The monoisotopic (exact) mass is 256 g/mol. The van der Waals surface area contributed by atoms with Crippen LogP contribution in [0.15, 0.2) is 10.2 Å². The molecule has 0 aliphatic rings. The van der Waals surface area contributed by atoms with Gasteiger partial charge in [-0.3, -0.25) is 9.59 Å². The van der Waals surface area contributed by atoms with E-state index in [2.05, 4.69) is 19.7 Å². The molecule has 0 rings (SSSR count). The Morgan fingerprint density at radius 1 is 0.778 bits per heavy atom. The predicted molar refractivity (Wildman–Crippen MR) is 68.7 cm³/mol. The molecule has 0 amide bonds. The van der Waals surface area contributed by atoms with Crippen LogP contribution in [-0.2, 0) is 19.1 Å². The molecule has 0 aliphatic heterocycles. The van der Waals surface area contributed by atoms with E-state index in [0.717, 1.165) is 11.4 Å². The van der Waals surface area contributed by atoms with Crippen molar-refractivity contribution in [3.05, 3.63) is 0 Å². The SMILES string of the molecule is COC(=O)CC/C(C)=N/N=C(\C)CCC(=O)OC. The molecule has 6 nitrogen and oxygen atoms in total. The van der Waals surface area contributed by atoms with E-state index >= 15 is 0 Å². The average Bonchev–Trinajstić information content (AvgIpc) is 2.39. The zero-order chi connectivity index (χ0) is 14.0. The van der Waals surface area contributed by atoms with Crippen LogP contribution in [0.4, 0.5) is 0 Å². The fourth-order valence-electron chi connectivity index (χ4n) is 1.04. The van der Waals surface area contributed by atoms with Crippen molar-refractivity contribution in [2.75, 3.05) is 14.2 Å². The zero-order valence-electron chi connectivity index (χ0n) is 11.4. The van der Waals surface area contributed by atoms with Crippen molar-refractivity contribution in [1.82, 2.24) is 0 Å². The molecule has 0 saturated heterocycles. The highest BCUT2D eigenvalue weighted by Crippen LogP contribution is 1.99. The van der Waals surface area contributed by atoms with E-state index in [0.29, 0.717) is 25.7 Å². The number of hydrogen-bond acceptors (Lipinski definition) is 6. The smallest absolute Gasteiger partial charge is 0.305 e. The molecule has 18 heavy (non-hydrogen) atoms. The summed E-state index contributed by atoms with van der Waals surface area (Å²) in [4.78, 5) is 21.8. The van der Waals surface area contributed by atoms with Gasteiger partial charge in [0.2, 0.25) is 0 Å². The van der Waals surface area contributed by atoms with Crippen LogP contribution < -0.4 is 0 Å². The van der Waals surface area contributed by atoms with Gasteiger partial charge in [-0.05, 0) is 26.7 Å². The Morgan fingerprint density at radius 2 is 1.11 bits per heavy atom. The molecule has 0 aromatic rings. The minimum Gasteiger partial charge on any atom is -0.469 e. The summed E-state index contributed by atoms with van der Waals surface area (Å²) in [5.41, 5.74) is 1.50. The highest BCUT2D eigenvalue weighted by atomic mass is 16.5. The lowest BCUT2D eigenvalue weighted by atomic mass is 10.2. The molecule has 0 fully saturated rings. The molecule has 0 bridgehead atoms. The van der Waals surface area contributed by atoms with Crippen LogP contribution in [0.1, 0.15) is 39.5 Å². The van der Waals surface area contributed by atoms with Gasteiger partial charge in [-0.25, -0.2) is 0 Å². The Hall–Kier alpha value is -1.72. The van der Waals surface area contributed by atoms with Crippen molar-refractivity contribution in [1.29, 1.82) is 0 Å². The quantitative estimate of drug-likeness (QED) is 0.395. The molecular formula is C12H20N2O4. The fourth-order valence-corrected chi connectivity index (χ4v) is 1.04. The molecule has 0 saturated carbocycles. The van der Waals surface area contributed by atoms with Crippen molar-refractivity contribution in [2.45, 2.75) is 39.5 Å². The van der Waals surface area contributed by atoms with Crippen molar-refractivity contribution in [2.24, 2.45) is 10.2 Å². The molecular weight excluding hydrogens is 236 g/mol. The Bertz CT molecular complexity index is 314. The van der Waals surface area contributed by atoms with Crippen LogP contribution in [0.3, 0.4) is 0 Å². The molecule has 0 aromatic heterocycles. The van der Waals surface area contributed by atoms with Gasteiger partial charge >= 0.3 is 11.9 Å². The zero-order valence-corrected chi connectivity index (χ0v) is 11.4. The van der Waals surface area contributed by atoms with E-state index in [4.69, 9.17) is 0 Å². The lowest BCUT2D eigenvalue weighted by Gasteiger charge is -1.99. The maximum Gasteiger partial charge on any atom is 0.305 e. The summed E-state index contributed by atoms with van der Waals surface area (Å²) in [7, 11) is 2.70. The third kappa shape index (κ3) is 8.43. The van der Waals surface area contributed by atoms with Crippen LogP contribution in [0.25, 0.3) is 0 Å². The molecule has 0 heterocycles. The highest BCUT2D eigenvalue weighted by molar-refractivity contribution is 5.88. The molecule has 0 spiro atoms. The molecule has 0 aromatic carbocycles. The second-order valence-corrected chi connectivity index (χ2v) is 3.82. The molecule has 6 heteroatoms. The van der Waals surface area contributed by atoms with E-state index in [1.54, 1.807) is 13.8 Å². The van der Waals surface area contributed by atoms with Gasteiger partial charge in [0, 0.05) is 11.4 Å². The third-order valence-electron chi connectivity index (χ3n) is 2.23. The van der Waals surface area contributed by atoms with Gasteiger partial charge in [0.05, 0.1) is 27.1 Å². The van der Waals surface area contributed by atoms with Crippen molar-refractivity contribution < 1.29 is 19.1 Å². The lowest BCUT2D eigenvalue weighted by molar-refractivity contribution is -0.141. The first-order valence-electron chi connectivity index (χ1n) is 5.69. The topological polar surface area (TPSA) is 77.3 Å². The normalized spacial score (nSPS) is 12.2. The van der Waals surface area contributed by atoms with Gasteiger partial charge in [-0.1, -0.05) is 0 Å². The molecule has 102 valence electrons. The van der Waals surface area contributed by atoms with E-state index in [9.17, 15) is 9.59 Å².